The van der Waals surface area contributed by atoms with E-state index in [4.69, 9.17) is 21.6 Å². The number of hydrogen-bond acceptors (Lipinski definition) is 4. The van der Waals surface area contributed by atoms with Crippen LogP contribution in [0.4, 0.5) is 10.1 Å². The molecule has 106 valence electrons. The Kier molecular flexibility index (Phi) is 4.69. The molecule has 0 aliphatic heterocycles. The summed E-state index contributed by atoms with van der Waals surface area (Å²) in [7, 11) is 0. The minimum Gasteiger partial charge on any atom is -0.477 e. The van der Waals surface area contributed by atoms with Crippen molar-refractivity contribution in [2.24, 2.45) is 0 Å². The van der Waals surface area contributed by atoms with Gasteiger partial charge in [-0.3, -0.25) is 4.79 Å². The number of carbonyl (C=O) groups is 1. The lowest BCUT2D eigenvalue weighted by Gasteiger charge is -2.11. The van der Waals surface area contributed by atoms with E-state index in [0.717, 1.165) is 12.3 Å². The molecule has 2 aromatic rings. The third-order valence-electron chi connectivity index (χ3n) is 2.48. The van der Waals surface area contributed by atoms with E-state index >= 15 is 0 Å². The third-order valence-corrected chi connectivity index (χ3v) is 2.78. The molecule has 7 heteroatoms. The highest BCUT2D eigenvalue weighted by Crippen LogP contribution is 2.25. The van der Waals surface area contributed by atoms with Crippen LogP contribution in [-0.4, -0.2) is 17.5 Å². The number of hydrogen-bond donors (Lipinski definition) is 1. The van der Waals surface area contributed by atoms with E-state index in [-0.39, 0.29) is 17.3 Å². The Hall–Kier alpha value is -2.65. The summed E-state index contributed by atoms with van der Waals surface area (Å²) in [6.45, 7) is -0.158. The number of benzene rings is 1. The Morgan fingerprint density at radius 1 is 1.48 bits per heavy atom. The molecule has 0 atom stereocenters. The zero-order valence-corrected chi connectivity index (χ0v) is 11.4. The molecule has 0 unspecified atom stereocenters. The first-order valence-electron chi connectivity index (χ1n) is 5.83. The molecule has 0 aliphatic carbocycles. The SMILES string of the molecule is N#CCOc1ccccc1NC(=O)c1cc(F)cnc1Cl. The van der Waals surface area contributed by atoms with Crippen LogP contribution in [0.1, 0.15) is 10.4 Å². The summed E-state index contributed by atoms with van der Waals surface area (Å²) in [5, 5.41) is 10.9. The number of para-hydroxylation sites is 2. The molecule has 0 radical (unpaired) electrons. The average molecular weight is 306 g/mol. The second-order valence-corrected chi connectivity index (χ2v) is 4.25. The topological polar surface area (TPSA) is 75.0 Å². The second-order valence-electron chi connectivity index (χ2n) is 3.89. The van der Waals surface area contributed by atoms with Crippen molar-refractivity contribution >= 4 is 23.2 Å². The molecular formula is C14H9ClFN3O2. The van der Waals surface area contributed by atoms with Gasteiger partial charge in [-0.05, 0) is 18.2 Å². The molecular weight excluding hydrogens is 297 g/mol. The van der Waals surface area contributed by atoms with Crippen LogP contribution < -0.4 is 10.1 Å². The highest BCUT2D eigenvalue weighted by molar-refractivity contribution is 6.33. The van der Waals surface area contributed by atoms with Gasteiger partial charge < -0.3 is 10.1 Å². The summed E-state index contributed by atoms with van der Waals surface area (Å²) < 4.78 is 18.3. The lowest BCUT2D eigenvalue weighted by molar-refractivity contribution is 0.102. The van der Waals surface area contributed by atoms with Gasteiger partial charge >= 0.3 is 0 Å². The van der Waals surface area contributed by atoms with Crippen LogP contribution >= 0.6 is 11.6 Å². The van der Waals surface area contributed by atoms with Crippen molar-refractivity contribution in [3.63, 3.8) is 0 Å². The molecule has 0 fully saturated rings. The Bertz CT molecular complexity index is 716. The number of anilines is 1. The van der Waals surface area contributed by atoms with Gasteiger partial charge in [0.25, 0.3) is 5.91 Å². The van der Waals surface area contributed by atoms with Crippen molar-refractivity contribution in [1.82, 2.24) is 4.98 Å². The Morgan fingerprint density at radius 2 is 2.24 bits per heavy atom. The maximum absolute atomic E-state index is 13.1. The molecule has 1 heterocycles. The fourth-order valence-corrected chi connectivity index (χ4v) is 1.77. The highest BCUT2D eigenvalue weighted by Gasteiger charge is 2.14. The number of nitrogens with one attached hydrogen (secondary N) is 1. The number of aromatic nitrogens is 1. The molecule has 2 rings (SSSR count). The van der Waals surface area contributed by atoms with E-state index in [1.165, 1.54) is 0 Å². The number of ether oxygens (including phenoxy) is 1. The largest absolute Gasteiger partial charge is 0.477 e. The smallest absolute Gasteiger partial charge is 0.259 e. The highest BCUT2D eigenvalue weighted by atomic mass is 35.5. The molecule has 1 amide bonds. The molecule has 0 saturated heterocycles. The monoisotopic (exact) mass is 305 g/mol. The van der Waals surface area contributed by atoms with E-state index < -0.39 is 11.7 Å². The van der Waals surface area contributed by atoms with Gasteiger partial charge in [0.15, 0.2) is 6.61 Å². The molecule has 1 aromatic carbocycles. The van der Waals surface area contributed by atoms with E-state index in [1.54, 1.807) is 24.3 Å². The number of carbonyl (C=O) groups excluding carboxylic acids is 1. The fraction of sp³-hybridized carbons (Fsp3) is 0.0714. The van der Waals surface area contributed by atoms with Gasteiger partial charge in [-0.1, -0.05) is 23.7 Å². The van der Waals surface area contributed by atoms with Gasteiger partial charge in [-0.25, -0.2) is 9.37 Å². The summed E-state index contributed by atoms with van der Waals surface area (Å²) in [6.07, 6.45) is 0.920. The van der Waals surface area contributed by atoms with Crippen molar-refractivity contribution in [2.75, 3.05) is 11.9 Å². The van der Waals surface area contributed by atoms with Crippen LogP contribution in [0.5, 0.6) is 5.75 Å². The maximum Gasteiger partial charge on any atom is 0.259 e. The van der Waals surface area contributed by atoms with Crippen molar-refractivity contribution < 1.29 is 13.9 Å². The zero-order chi connectivity index (χ0) is 15.2. The number of pyridine rings is 1. The van der Waals surface area contributed by atoms with Crippen molar-refractivity contribution in [3.8, 4) is 11.8 Å². The second kappa shape index (κ2) is 6.68. The van der Waals surface area contributed by atoms with Gasteiger partial charge in [0.2, 0.25) is 0 Å². The van der Waals surface area contributed by atoms with Crippen LogP contribution in [0.15, 0.2) is 36.5 Å². The van der Waals surface area contributed by atoms with Crippen LogP contribution in [0.25, 0.3) is 0 Å². The van der Waals surface area contributed by atoms with Crippen molar-refractivity contribution in [3.05, 3.63) is 53.1 Å². The normalized spacial score (nSPS) is 9.76. The van der Waals surface area contributed by atoms with Gasteiger partial charge in [0, 0.05) is 0 Å². The van der Waals surface area contributed by atoms with Gasteiger partial charge in [0.1, 0.15) is 22.8 Å². The number of amides is 1. The zero-order valence-electron chi connectivity index (χ0n) is 10.6. The Morgan fingerprint density at radius 3 is 3.00 bits per heavy atom. The standard InChI is InChI=1S/C14H9ClFN3O2/c15-13-10(7-9(16)8-18-13)14(20)19-11-3-1-2-4-12(11)21-6-5-17/h1-4,7-8H,6H2,(H,19,20). The number of nitrogens with zero attached hydrogens (tertiary/aromatic N) is 2. The van der Waals surface area contributed by atoms with E-state index in [9.17, 15) is 9.18 Å². The molecule has 1 aromatic heterocycles. The number of nitriles is 1. The number of rotatable bonds is 4. The van der Waals surface area contributed by atoms with E-state index in [0.29, 0.717) is 11.4 Å². The van der Waals surface area contributed by atoms with E-state index in [1.807, 2.05) is 6.07 Å². The summed E-state index contributed by atoms with van der Waals surface area (Å²) >= 11 is 5.77. The Balaban J connectivity index is 2.24. The quantitative estimate of drug-likeness (QED) is 0.881. The van der Waals surface area contributed by atoms with Gasteiger partial charge in [0.05, 0.1) is 17.4 Å². The van der Waals surface area contributed by atoms with E-state index in [2.05, 4.69) is 10.3 Å². The molecule has 0 bridgehead atoms. The molecule has 1 N–H and O–H groups in total. The first-order chi connectivity index (χ1) is 10.1. The van der Waals surface area contributed by atoms with Crippen LogP contribution in [0, 0.1) is 17.1 Å². The minimum absolute atomic E-state index is 0.0910. The molecule has 0 aliphatic rings. The first kappa shape index (κ1) is 14.8. The van der Waals surface area contributed by atoms with Crippen molar-refractivity contribution in [2.45, 2.75) is 0 Å². The summed E-state index contributed by atoms with van der Waals surface area (Å²) in [6, 6.07) is 9.38. The molecule has 5 nitrogen and oxygen atoms in total. The van der Waals surface area contributed by atoms with Crippen LogP contribution in [0.2, 0.25) is 5.15 Å². The van der Waals surface area contributed by atoms with Crippen molar-refractivity contribution in [1.29, 1.82) is 5.26 Å². The van der Waals surface area contributed by atoms with Gasteiger partial charge in [-0.15, -0.1) is 0 Å². The lowest BCUT2D eigenvalue weighted by Crippen LogP contribution is -2.14. The molecule has 0 saturated carbocycles. The fourth-order valence-electron chi connectivity index (χ4n) is 1.58. The predicted molar refractivity (Wildman–Crippen MR) is 74.7 cm³/mol. The van der Waals surface area contributed by atoms with Crippen LogP contribution in [-0.2, 0) is 0 Å². The third kappa shape index (κ3) is 3.68. The average Bonchev–Trinajstić information content (AvgIpc) is 2.48. The van der Waals surface area contributed by atoms with Crippen LogP contribution in [0.3, 0.4) is 0 Å². The molecule has 0 spiro atoms. The lowest BCUT2D eigenvalue weighted by atomic mass is 10.2. The summed E-state index contributed by atoms with van der Waals surface area (Å²) in [5.41, 5.74) is 0.254. The minimum atomic E-state index is -0.668. The Labute approximate surface area is 124 Å². The summed E-state index contributed by atoms with van der Waals surface area (Å²) in [4.78, 5) is 15.7. The first-order valence-corrected chi connectivity index (χ1v) is 6.21. The molecule has 21 heavy (non-hydrogen) atoms. The number of halogens is 2. The maximum atomic E-state index is 13.1. The summed E-state index contributed by atoms with van der Waals surface area (Å²) in [5.74, 6) is -0.966. The van der Waals surface area contributed by atoms with Gasteiger partial charge in [-0.2, -0.15) is 5.26 Å². The predicted octanol–water partition coefficient (Wildman–Crippen LogP) is 3.03.